The molecule has 128 valence electrons. The summed E-state index contributed by atoms with van der Waals surface area (Å²) in [5, 5.41) is 0. The lowest BCUT2D eigenvalue weighted by molar-refractivity contribution is -0.316. The van der Waals surface area contributed by atoms with Gasteiger partial charge in [-0.2, -0.15) is 0 Å². The van der Waals surface area contributed by atoms with Crippen LogP contribution in [0.25, 0.3) is 0 Å². The molecule has 1 heterocycles. The molecule has 0 aromatic heterocycles. The molecular weight excluding hydrogens is 298 g/mol. The van der Waals surface area contributed by atoms with Gasteiger partial charge in [0, 0.05) is 21.3 Å². The molecule has 1 N–H and O–H groups in total. The molecule has 22 heavy (non-hydrogen) atoms. The Morgan fingerprint density at radius 2 is 1.59 bits per heavy atom. The normalized spacial score (nSPS) is 31.6. The number of carbonyl (C=O) groups is 2. The van der Waals surface area contributed by atoms with Crippen LogP contribution < -0.4 is 5.48 Å². The number of hydrogen-bond acceptors (Lipinski definition) is 8. The van der Waals surface area contributed by atoms with Crippen molar-refractivity contribution in [3.05, 3.63) is 0 Å². The summed E-state index contributed by atoms with van der Waals surface area (Å²) in [5.41, 5.74) is 2.14. The maximum absolute atomic E-state index is 11.5. The highest BCUT2D eigenvalue weighted by molar-refractivity contribution is 5.93. The van der Waals surface area contributed by atoms with Crippen LogP contribution in [0.5, 0.6) is 0 Å². The van der Waals surface area contributed by atoms with Crippen molar-refractivity contribution in [3.63, 3.8) is 0 Å². The first-order chi connectivity index (χ1) is 10.5. The van der Waals surface area contributed by atoms with Gasteiger partial charge in [0.15, 0.2) is 0 Å². The second-order valence-electron chi connectivity index (χ2n) is 4.71. The zero-order valence-electron chi connectivity index (χ0n) is 13.4. The first-order valence-corrected chi connectivity index (χ1v) is 6.73. The number of rotatable bonds is 7. The summed E-state index contributed by atoms with van der Waals surface area (Å²) in [4.78, 5) is 27.7. The van der Waals surface area contributed by atoms with Gasteiger partial charge in [-0.15, -0.1) is 0 Å². The molecule has 0 aromatic rings. The summed E-state index contributed by atoms with van der Waals surface area (Å²) in [6, 6.07) is 0. The zero-order valence-corrected chi connectivity index (χ0v) is 13.4. The molecule has 5 atom stereocenters. The van der Waals surface area contributed by atoms with Crippen LogP contribution in [-0.4, -0.2) is 71.0 Å². The predicted octanol–water partition coefficient (Wildman–Crippen LogP) is -0.613. The van der Waals surface area contributed by atoms with E-state index >= 15 is 0 Å². The fourth-order valence-corrected chi connectivity index (χ4v) is 2.27. The third-order valence-electron chi connectivity index (χ3n) is 3.37. The van der Waals surface area contributed by atoms with E-state index in [9.17, 15) is 9.59 Å². The van der Waals surface area contributed by atoms with E-state index in [4.69, 9.17) is 23.8 Å². The van der Waals surface area contributed by atoms with Crippen LogP contribution in [0.3, 0.4) is 0 Å². The highest BCUT2D eigenvalue weighted by atomic mass is 16.8. The molecular formula is C13H23NO8. The molecule has 1 amide bonds. The Kier molecular flexibility index (Phi) is 7.69. The van der Waals surface area contributed by atoms with Crippen molar-refractivity contribution in [1.82, 2.24) is 5.48 Å². The second kappa shape index (κ2) is 9.01. The lowest BCUT2D eigenvalue weighted by atomic mass is 9.99. The predicted molar refractivity (Wildman–Crippen MR) is 72.6 cm³/mol. The maximum atomic E-state index is 11.5. The van der Waals surface area contributed by atoms with E-state index in [2.05, 4.69) is 10.2 Å². The van der Waals surface area contributed by atoms with Crippen molar-refractivity contribution in [1.29, 1.82) is 0 Å². The zero-order chi connectivity index (χ0) is 16.7. The summed E-state index contributed by atoms with van der Waals surface area (Å²) in [6.07, 6.45) is -3.11. The maximum Gasteiger partial charge on any atom is 0.315 e. The minimum atomic E-state index is -0.905. The van der Waals surface area contributed by atoms with Crippen LogP contribution in [0.4, 0.5) is 0 Å². The van der Waals surface area contributed by atoms with Gasteiger partial charge in [0.25, 0.3) is 5.91 Å². The smallest absolute Gasteiger partial charge is 0.315 e. The van der Waals surface area contributed by atoms with E-state index in [1.165, 1.54) is 21.3 Å². The Bertz CT molecular complexity index is 377. The van der Waals surface area contributed by atoms with E-state index in [1.54, 1.807) is 14.0 Å². The molecule has 0 aliphatic carbocycles. The molecule has 0 unspecified atom stereocenters. The summed E-state index contributed by atoms with van der Waals surface area (Å²) in [7, 11) is 5.73. The van der Waals surface area contributed by atoms with Gasteiger partial charge in [0.1, 0.15) is 24.7 Å². The Morgan fingerprint density at radius 3 is 2.09 bits per heavy atom. The molecule has 1 saturated heterocycles. The third-order valence-corrected chi connectivity index (χ3v) is 3.37. The quantitative estimate of drug-likeness (QED) is 0.376. The van der Waals surface area contributed by atoms with Crippen molar-refractivity contribution in [2.45, 2.75) is 44.1 Å². The van der Waals surface area contributed by atoms with Crippen LogP contribution in [0.15, 0.2) is 0 Å². The van der Waals surface area contributed by atoms with Crippen LogP contribution in [0.2, 0.25) is 0 Å². The van der Waals surface area contributed by atoms with Crippen LogP contribution in [0.1, 0.15) is 13.3 Å². The largest absolute Gasteiger partial charge is 0.469 e. The van der Waals surface area contributed by atoms with Gasteiger partial charge in [-0.05, 0) is 6.92 Å². The molecule has 1 fully saturated rings. The van der Waals surface area contributed by atoms with E-state index in [0.29, 0.717) is 0 Å². The fourth-order valence-electron chi connectivity index (χ4n) is 2.27. The number of amides is 1. The molecule has 1 aliphatic heterocycles. The molecule has 9 heteroatoms. The third kappa shape index (κ3) is 4.62. The molecule has 0 aromatic carbocycles. The van der Waals surface area contributed by atoms with E-state index in [1.807, 2.05) is 0 Å². The molecule has 0 radical (unpaired) electrons. The van der Waals surface area contributed by atoms with Crippen molar-refractivity contribution < 1.29 is 38.1 Å². The topological polar surface area (TPSA) is 102 Å². The summed E-state index contributed by atoms with van der Waals surface area (Å²) < 4.78 is 26.1. The Morgan fingerprint density at radius 1 is 1.00 bits per heavy atom. The Labute approximate surface area is 129 Å². The number of carbonyl (C=O) groups excluding carboxylic acids is 2. The lowest BCUT2D eigenvalue weighted by Crippen LogP contribution is -2.60. The number of methoxy groups -OCH3 is 4. The van der Waals surface area contributed by atoms with Gasteiger partial charge in [-0.1, -0.05) is 0 Å². The van der Waals surface area contributed by atoms with Gasteiger partial charge in [0.05, 0.1) is 13.2 Å². The number of esters is 1. The van der Waals surface area contributed by atoms with E-state index in [0.717, 1.165) is 0 Å². The van der Waals surface area contributed by atoms with Crippen LogP contribution >= 0.6 is 0 Å². The number of hydroxylamine groups is 1. The van der Waals surface area contributed by atoms with Gasteiger partial charge < -0.3 is 23.7 Å². The van der Waals surface area contributed by atoms with Gasteiger partial charge in [-0.25, -0.2) is 10.3 Å². The van der Waals surface area contributed by atoms with Gasteiger partial charge >= 0.3 is 5.97 Å². The summed E-state index contributed by atoms with van der Waals surface area (Å²) >= 11 is 0. The summed E-state index contributed by atoms with van der Waals surface area (Å²) in [5.74, 6) is -1.32. The standard InChI is InChI=1S/C13H23NO8/c1-7-10(18-3)11(19-4)12(20-5)13(21-7)22-14-8(15)6-9(16)17-2/h7,10-13H,6H2,1-5H3,(H,14,15)/t7-,10-,11+,12+,13-/m0/s1. The molecule has 0 bridgehead atoms. The Balaban J connectivity index is 2.64. The SMILES string of the molecule is COC(=O)CC(=O)NO[C@@H]1O[C@@H](C)[C@H](OC)[C@@H](OC)[C@H]1OC. The minimum Gasteiger partial charge on any atom is -0.469 e. The van der Waals surface area contributed by atoms with E-state index in [-0.39, 0.29) is 12.2 Å². The first kappa shape index (κ1) is 18.8. The highest BCUT2D eigenvalue weighted by Crippen LogP contribution is 2.27. The van der Waals surface area contributed by atoms with E-state index < -0.39 is 36.8 Å². The van der Waals surface area contributed by atoms with Gasteiger partial charge in [0.2, 0.25) is 6.29 Å². The van der Waals surface area contributed by atoms with Gasteiger partial charge in [-0.3, -0.25) is 9.59 Å². The number of ether oxygens (including phenoxy) is 5. The molecule has 1 rings (SSSR count). The highest BCUT2D eigenvalue weighted by Gasteiger charge is 2.46. The number of hydrogen-bond donors (Lipinski definition) is 1. The van der Waals surface area contributed by atoms with Crippen LogP contribution in [0, 0.1) is 0 Å². The lowest BCUT2D eigenvalue weighted by Gasteiger charge is -2.43. The molecule has 1 aliphatic rings. The fraction of sp³-hybridized carbons (Fsp3) is 0.846. The van der Waals surface area contributed by atoms with Crippen molar-refractivity contribution in [2.75, 3.05) is 28.4 Å². The average molecular weight is 321 g/mol. The molecule has 0 spiro atoms. The average Bonchev–Trinajstić information content (AvgIpc) is 2.51. The first-order valence-electron chi connectivity index (χ1n) is 6.73. The monoisotopic (exact) mass is 321 g/mol. The minimum absolute atomic E-state index is 0.344. The Hall–Kier alpha value is -1.26. The number of nitrogens with one attached hydrogen (secondary N) is 1. The van der Waals surface area contributed by atoms with Crippen LogP contribution in [-0.2, 0) is 38.1 Å². The van der Waals surface area contributed by atoms with Crippen molar-refractivity contribution in [2.24, 2.45) is 0 Å². The molecule has 9 nitrogen and oxygen atoms in total. The summed E-state index contributed by atoms with van der Waals surface area (Å²) in [6.45, 7) is 1.79. The van der Waals surface area contributed by atoms with Crippen molar-refractivity contribution >= 4 is 11.9 Å². The second-order valence-corrected chi connectivity index (χ2v) is 4.71. The molecule has 0 saturated carbocycles. The van der Waals surface area contributed by atoms with Crippen molar-refractivity contribution in [3.8, 4) is 0 Å².